The van der Waals surface area contributed by atoms with Crippen LogP contribution < -0.4 is 9.64 Å². The quantitative estimate of drug-likeness (QED) is 0.745. The van der Waals surface area contributed by atoms with Crippen molar-refractivity contribution in [3.8, 4) is 5.75 Å². The molecule has 1 aromatic carbocycles. The fraction of sp³-hybridized carbons (Fsp3) is 0.478. The molecule has 8 heteroatoms. The number of hydrogen-bond acceptors (Lipinski definition) is 5. The van der Waals surface area contributed by atoms with Crippen LogP contribution >= 0.6 is 0 Å². The molecule has 0 aliphatic carbocycles. The molecule has 1 unspecified atom stereocenters. The number of anilines is 2. The predicted molar refractivity (Wildman–Crippen MR) is 115 cm³/mol. The number of rotatable bonds is 3. The Morgan fingerprint density at radius 3 is 2.61 bits per heavy atom. The van der Waals surface area contributed by atoms with E-state index in [2.05, 4.69) is 4.98 Å². The maximum absolute atomic E-state index is 13.7. The number of carbonyl (C=O) groups is 2. The number of fused-ring (bicyclic) bond motifs is 1. The summed E-state index contributed by atoms with van der Waals surface area (Å²) < 4.78 is 24.9. The Hall–Kier alpha value is -3.03. The van der Waals surface area contributed by atoms with E-state index in [1.54, 1.807) is 23.1 Å². The van der Waals surface area contributed by atoms with Gasteiger partial charge >= 0.3 is 5.97 Å². The Kier molecular flexibility index (Phi) is 5.64. The molecule has 1 fully saturated rings. The van der Waals surface area contributed by atoms with Crippen LogP contribution in [0.1, 0.15) is 54.5 Å². The van der Waals surface area contributed by atoms with Gasteiger partial charge in [-0.2, -0.15) is 0 Å². The summed E-state index contributed by atoms with van der Waals surface area (Å²) in [4.78, 5) is 31.8. The Balaban J connectivity index is 1.53. The molecule has 0 radical (unpaired) electrons. The smallest absolute Gasteiger partial charge is 0.338 e. The van der Waals surface area contributed by atoms with Gasteiger partial charge in [-0.15, -0.1) is 0 Å². The lowest BCUT2D eigenvalue weighted by Gasteiger charge is -2.29. The van der Waals surface area contributed by atoms with E-state index >= 15 is 0 Å². The van der Waals surface area contributed by atoms with Crippen molar-refractivity contribution in [2.45, 2.75) is 45.4 Å². The number of alkyl halides is 1. The largest absolute Gasteiger partial charge is 0.488 e. The highest BCUT2D eigenvalue weighted by Gasteiger charge is 2.29. The second-order valence-electron chi connectivity index (χ2n) is 8.94. The number of hydrogen-bond donors (Lipinski definition) is 1. The molecule has 1 aromatic heterocycles. The number of H-pyrrole nitrogens is 1. The molecule has 1 saturated heterocycles. The molecule has 0 bridgehead atoms. The highest BCUT2D eigenvalue weighted by molar-refractivity contribution is 5.95. The van der Waals surface area contributed by atoms with Gasteiger partial charge in [0.2, 0.25) is 0 Å². The number of halogens is 1. The van der Waals surface area contributed by atoms with Crippen molar-refractivity contribution in [2.24, 2.45) is 0 Å². The lowest BCUT2D eigenvalue weighted by atomic mass is 10.1. The molecule has 1 atom stereocenters. The third-order valence-electron chi connectivity index (χ3n) is 5.30. The van der Waals surface area contributed by atoms with Crippen LogP contribution in [0.2, 0.25) is 0 Å². The summed E-state index contributed by atoms with van der Waals surface area (Å²) >= 11 is 0. The van der Waals surface area contributed by atoms with Crippen LogP contribution in [0.3, 0.4) is 0 Å². The first kappa shape index (κ1) is 21.2. The topological polar surface area (TPSA) is 74.9 Å². The van der Waals surface area contributed by atoms with Crippen molar-refractivity contribution >= 4 is 23.4 Å². The summed E-state index contributed by atoms with van der Waals surface area (Å²) in [6.45, 7) is 7.22. The molecule has 2 aliphatic rings. The third-order valence-corrected chi connectivity index (χ3v) is 5.30. The second-order valence-corrected chi connectivity index (χ2v) is 8.94. The van der Waals surface area contributed by atoms with E-state index in [-0.39, 0.29) is 18.4 Å². The first-order chi connectivity index (χ1) is 14.7. The minimum atomic E-state index is -0.974. The Morgan fingerprint density at radius 1 is 1.19 bits per heavy atom. The van der Waals surface area contributed by atoms with E-state index in [1.807, 2.05) is 37.8 Å². The molecule has 7 nitrogen and oxygen atoms in total. The zero-order valence-corrected chi connectivity index (χ0v) is 18.1. The zero-order valence-electron chi connectivity index (χ0n) is 18.1. The lowest BCUT2D eigenvalue weighted by Crippen LogP contribution is -2.40. The van der Waals surface area contributed by atoms with Gasteiger partial charge in [0.25, 0.3) is 5.91 Å². The van der Waals surface area contributed by atoms with Crippen LogP contribution in [0.4, 0.5) is 15.9 Å². The molecule has 3 heterocycles. The van der Waals surface area contributed by atoms with E-state index in [4.69, 9.17) is 9.47 Å². The van der Waals surface area contributed by atoms with Gasteiger partial charge in [0.05, 0.1) is 18.7 Å². The maximum Gasteiger partial charge on any atom is 0.338 e. The molecule has 2 aliphatic heterocycles. The Bertz CT molecular complexity index is 964. The number of piperidine rings is 1. The minimum Gasteiger partial charge on any atom is -0.488 e. The first-order valence-electron chi connectivity index (χ1n) is 10.6. The fourth-order valence-electron chi connectivity index (χ4n) is 3.86. The molecule has 0 spiro atoms. The molecule has 1 N–H and O–H groups in total. The van der Waals surface area contributed by atoms with Crippen LogP contribution in [-0.2, 0) is 4.74 Å². The Labute approximate surface area is 181 Å². The summed E-state index contributed by atoms with van der Waals surface area (Å²) in [7, 11) is 0. The van der Waals surface area contributed by atoms with Gasteiger partial charge in [-0.25, -0.2) is 9.18 Å². The van der Waals surface area contributed by atoms with Crippen molar-refractivity contribution in [3.05, 3.63) is 41.6 Å². The number of nitrogens with zero attached hydrogens (tertiary/aromatic N) is 2. The van der Waals surface area contributed by atoms with E-state index in [0.29, 0.717) is 55.4 Å². The predicted octanol–water partition coefficient (Wildman–Crippen LogP) is 4.07. The van der Waals surface area contributed by atoms with E-state index < -0.39 is 11.8 Å². The lowest BCUT2D eigenvalue weighted by molar-refractivity contribution is 0.00694. The molecule has 1 amide bonds. The Morgan fingerprint density at radius 2 is 1.94 bits per heavy atom. The molecule has 4 rings (SSSR count). The monoisotopic (exact) mass is 429 g/mol. The average Bonchev–Trinajstić information content (AvgIpc) is 3.16. The van der Waals surface area contributed by atoms with Gasteiger partial charge in [0.1, 0.15) is 24.1 Å². The minimum absolute atomic E-state index is 0.124. The van der Waals surface area contributed by atoms with E-state index in [1.165, 1.54) is 0 Å². The molecule has 31 heavy (non-hydrogen) atoms. The van der Waals surface area contributed by atoms with Gasteiger partial charge in [0, 0.05) is 18.3 Å². The summed E-state index contributed by atoms with van der Waals surface area (Å²) in [5.41, 5.74) is 1.16. The standard InChI is InChI=1S/C23H28FN3O4/c1-23(2,3)31-22(29)15-6-8-17(9-7-15)27-11-12-30-19-13-18(25-20(19)27)21(28)26-10-4-5-16(24)14-26/h6-9,13,16,25H,4-5,10-12,14H2,1-3H3. The molecule has 0 saturated carbocycles. The number of aromatic amines is 1. The highest BCUT2D eigenvalue weighted by Crippen LogP contribution is 2.37. The zero-order chi connectivity index (χ0) is 22.2. The van der Waals surface area contributed by atoms with Crippen LogP contribution in [0.25, 0.3) is 0 Å². The van der Waals surface area contributed by atoms with Gasteiger partial charge in [-0.05, 0) is 57.9 Å². The van der Waals surface area contributed by atoms with Crippen LogP contribution in [-0.4, -0.2) is 59.8 Å². The van der Waals surface area contributed by atoms with Crippen molar-refractivity contribution in [2.75, 3.05) is 31.1 Å². The van der Waals surface area contributed by atoms with E-state index in [0.717, 1.165) is 5.69 Å². The number of ether oxygens (including phenoxy) is 2. The average molecular weight is 429 g/mol. The number of nitrogens with one attached hydrogen (secondary N) is 1. The number of likely N-dealkylation sites (tertiary alicyclic amines) is 1. The number of carbonyl (C=O) groups excluding carboxylic acids is 2. The number of benzene rings is 1. The van der Waals surface area contributed by atoms with Gasteiger partial charge in [0.15, 0.2) is 11.6 Å². The number of esters is 1. The summed E-state index contributed by atoms with van der Waals surface area (Å²) in [5.74, 6) is 0.663. The summed E-state index contributed by atoms with van der Waals surface area (Å²) in [6, 6.07) is 8.82. The molecule has 2 aromatic rings. The number of amides is 1. The SMILES string of the molecule is CC(C)(C)OC(=O)c1ccc(N2CCOc3cc(C(=O)N4CCCC(F)C4)[nH]c32)cc1. The highest BCUT2D eigenvalue weighted by atomic mass is 19.1. The van der Waals surface area contributed by atoms with Crippen LogP contribution in [0.5, 0.6) is 5.75 Å². The summed E-state index contributed by atoms with van der Waals surface area (Å²) in [6.07, 6.45) is 0.194. The van der Waals surface area contributed by atoms with Crippen molar-refractivity contribution in [1.29, 1.82) is 0 Å². The molecular formula is C23H28FN3O4. The van der Waals surface area contributed by atoms with Crippen LogP contribution in [0.15, 0.2) is 30.3 Å². The van der Waals surface area contributed by atoms with E-state index in [9.17, 15) is 14.0 Å². The van der Waals surface area contributed by atoms with Crippen molar-refractivity contribution in [3.63, 3.8) is 0 Å². The van der Waals surface area contributed by atoms with Crippen LogP contribution in [0, 0.1) is 0 Å². The maximum atomic E-state index is 13.7. The normalized spacial score (nSPS) is 18.9. The molecule has 166 valence electrons. The van der Waals surface area contributed by atoms with Gasteiger partial charge < -0.3 is 24.3 Å². The second kappa shape index (κ2) is 8.24. The van der Waals surface area contributed by atoms with Gasteiger partial charge in [-0.3, -0.25) is 4.79 Å². The summed E-state index contributed by atoms with van der Waals surface area (Å²) in [5, 5.41) is 0. The van der Waals surface area contributed by atoms with Crippen molar-refractivity contribution in [1.82, 2.24) is 9.88 Å². The molecular weight excluding hydrogens is 401 g/mol. The van der Waals surface area contributed by atoms with Gasteiger partial charge in [-0.1, -0.05) is 0 Å². The fourth-order valence-corrected chi connectivity index (χ4v) is 3.86. The third kappa shape index (κ3) is 4.68. The first-order valence-corrected chi connectivity index (χ1v) is 10.6. The number of aromatic nitrogens is 1. The van der Waals surface area contributed by atoms with Crippen molar-refractivity contribution < 1.29 is 23.5 Å².